The van der Waals surface area contributed by atoms with Gasteiger partial charge in [0, 0.05) is 20.0 Å². The number of aromatic nitrogens is 1. The third-order valence-corrected chi connectivity index (χ3v) is 5.48. The second-order valence-electron chi connectivity index (χ2n) is 4.07. The Morgan fingerprint density at radius 3 is 2.65 bits per heavy atom. The fraction of sp³-hybridized carbons (Fsp3) is 0.250. The van der Waals surface area contributed by atoms with Crippen LogP contribution in [0.1, 0.15) is 15.6 Å². The molecule has 1 aromatic heterocycles. The highest BCUT2D eigenvalue weighted by atomic mass is 79.9. The molecular weight excluding hydrogens is 386 g/mol. The van der Waals surface area contributed by atoms with E-state index in [-0.39, 0.29) is 17.3 Å². The molecule has 0 unspecified atom stereocenters. The van der Waals surface area contributed by atoms with E-state index in [1.54, 1.807) is 12.1 Å². The smallest absolute Gasteiger partial charge is 0.265 e. The van der Waals surface area contributed by atoms with Crippen LogP contribution in [-0.4, -0.2) is 13.4 Å². The lowest BCUT2D eigenvalue weighted by Gasteiger charge is -2.08. The van der Waals surface area contributed by atoms with Crippen molar-refractivity contribution in [2.75, 3.05) is 0 Å². The van der Waals surface area contributed by atoms with Gasteiger partial charge in [-0.15, -0.1) is 11.3 Å². The van der Waals surface area contributed by atoms with Crippen molar-refractivity contribution in [3.63, 3.8) is 0 Å². The first-order chi connectivity index (χ1) is 9.27. The predicted octanol–water partition coefficient (Wildman–Crippen LogP) is 4.03. The van der Waals surface area contributed by atoms with Gasteiger partial charge in [-0.05, 0) is 32.0 Å². The van der Waals surface area contributed by atoms with Gasteiger partial charge in [0.25, 0.3) is 9.05 Å². The van der Waals surface area contributed by atoms with Crippen LogP contribution in [0.5, 0.6) is 5.75 Å². The molecule has 2 rings (SSSR count). The average Bonchev–Trinajstić information content (AvgIpc) is 2.66. The predicted molar refractivity (Wildman–Crippen MR) is 83.1 cm³/mol. The molecule has 0 aliphatic heterocycles. The Balaban J connectivity index is 2.26. The maximum Gasteiger partial charge on any atom is 0.265 e. The van der Waals surface area contributed by atoms with Crippen molar-refractivity contribution in [1.82, 2.24) is 4.98 Å². The minimum absolute atomic E-state index is 0.0569. The number of rotatable bonds is 4. The van der Waals surface area contributed by atoms with Crippen LogP contribution in [0.3, 0.4) is 0 Å². The Morgan fingerprint density at radius 2 is 2.10 bits per heavy atom. The summed E-state index contributed by atoms with van der Waals surface area (Å²) in [6.07, 6.45) is 0. The molecule has 1 heterocycles. The lowest BCUT2D eigenvalue weighted by Crippen LogP contribution is -2.00. The van der Waals surface area contributed by atoms with E-state index in [0.29, 0.717) is 4.47 Å². The van der Waals surface area contributed by atoms with Crippen LogP contribution in [0, 0.1) is 13.8 Å². The van der Waals surface area contributed by atoms with Gasteiger partial charge in [-0.1, -0.05) is 15.9 Å². The molecule has 0 fully saturated rings. The van der Waals surface area contributed by atoms with E-state index in [1.807, 2.05) is 13.8 Å². The molecule has 0 aliphatic rings. The minimum atomic E-state index is -3.86. The summed E-state index contributed by atoms with van der Waals surface area (Å²) in [5.41, 5.74) is 0.953. The maximum atomic E-state index is 11.5. The van der Waals surface area contributed by atoms with Crippen LogP contribution < -0.4 is 4.74 Å². The molecule has 0 saturated heterocycles. The van der Waals surface area contributed by atoms with Gasteiger partial charge in [0.2, 0.25) is 0 Å². The van der Waals surface area contributed by atoms with Crippen LogP contribution in [0.25, 0.3) is 0 Å². The monoisotopic (exact) mass is 395 g/mol. The number of aryl methyl sites for hydroxylation is 2. The third kappa shape index (κ3) is 3.72. The standard InChI is InChI=1S/C12H11BrClNO3S2/c1-7-8(2)19-12(15-7)6-18-10-4-3-9(13)5-11(10)20(14,16)17/h3-5H,6H2,1-2H3. The molecule has 0 bridgehead atoms. The highest BCUT2D eigenvalue weighted by Crippen LogP contribution is 2.31. The molecule has 0 amide bonds. The molecule has 1 aromatic carbocycles. The molecule has 108 valence electrons. The summed E-state index contributed by atoms with van der Waals surface area (Å²) in [6, 6.07) is 4.67. The number of halogens is 2. The molecule has 0 atom stereocenters. The molecule has 0 N–H and O–H groups in total. The lowest BCUT2D eigenvalue weighted by atomic mass is 10.3. The van der Waals surface area contributed by atoms with Gasteiger partial charge in [-0.3, -0.25) is 0 Å². The molecule has 0 aliphatic carbocycles. The zero-order valence-electron chi connectivity index (χ0n) is 10.7. The van der Waals surface area contributed by atoms with Crippen molar-refractivity contribution in [2.45, 2.75) is 25.3 Å². The first-order valence-electron chi connectivity index (χ1n) is 5.57. The second-order valence-corrected chi connectivity index (χ2v) is 8.80. The van der Waals surface area contributed by atoms with Crippen LogP contribution in [0.4, 0.5) is 0 Å². The molecule has 20 heavy (non-hydrogen) atoms. The summed E-state index contributed by atoms with van der Waals surface area (Å²) >= 11 is 4.73. The first kappa shape index (κ1) is 15.8. The zero-order chi connectivity index (χ0) is 14.9. The van der Waals surface area contributed by atoms with E-state index in [9.17, 15) is 8.42 Å². The van der Waals surface area contributed by atoms with E-state index < -0.39 is 9.05 Å². The Labute approximate surface area is 134 Å². The highest BCUT2D eigenvalue weighted by molar-refractivity contribution is 9.10. The minimum Gasteiger partial charge on any atom is -0.485 e. The summed E-state index contributed by atoms with van der Waals surface area (Å²) < 4.78 is 29.2. The van der Waals surface area contributed by atoms with E-state index >= 15 is 0 Å². The SMILES string of the molecule is Cc1nc(COc2ccc(Br)cc2S(=O)(=O)Cl)sc1C. The van der Waals surface area contributed by atoms with Crippen molar-refractivity contribution in [3.8, 4) is 5.75 Å². The summed E-state index contributed by atoms with van der Waals surface area (Å²) in [5.74, 6) is 0.216. The second kappa shape index (κ2) is 6.01. The van der Waals surface area contributed by atoms with E-state index in [4.69, 9.17) is 15.4 Å². The highest BCUT2D eigenvalue weighted by Gasteiger charge is 2.18. The van der Waals surface area contributed by atoms with E-state index in [0.717, 1.165) is 15.6 Å². The fourth-order valence-electron chi connectivity index (χ4n) is 1.53. The molecule has 0 radical (unpaired) electrons. The summed E-state index contributed by atoms with van der Waals surface area (Å²) in [6.45, 7) is 4.11. The number of hydrogen-bond donors (Lipinski definition) is 0. The number of nitrogens with zero attached hydrogens (tertiary/aromatic N) is 1. The Kier molecular flexibility index (Phi) is 4.73. The zero-order valence-corrected chi connectivity index (χ0v) is 14.7. The Bertz CT molecular complexity index is 724. The number of benzene rings is 1. The van der Waals surface area contributed by atoms with Gasteiger partial charge in [0.15, 0.2) is 0 Å². The first-order valence-corrected chi connectivity index (χ1v) is 9.49. The summed E-state index contributed by atoms with van der Waals surface area (Å²) in [5, 5.41) is 0.792. The Morgan fingerprint density at radius 1 is 1.40 bits per heavy atom. The van der Waals surface area contributed by atoms with Gasteiger partial charge in [-0.25, -0.2) is 13.4 Å². The van der Waals surface area contributed by atoms with Gasteiger partial charge in [-0.2, -0.15) is 0 Å². The quantitative estimate of drug-likeness (QED) is 0.732. The topological polar surface area (TPSA) is 56.3 Å². The third-order valence-electron chi connectivity index (χ3n) is 2.59. The molecule has 0 saturated carbocycles. The van der Waals surface area contributed by atoms with Crippen LogP contribution in [0.2, 0.25) is 0 Å². The molecule has 8 heteroatoms. The van der Waals surface area contributed by atoms with Gasteiger partial charge >= 0.3 is 0 Å². The summed E-state index contributed by atoms with van der Waals surface area (Å²) in [4.78, 5) is 5.39. The van der Waals surface area contributed by atoms with Gasteiger partial charge in [0.1, 0.15) is 22.3 Å². The largest absolute Gasteiger partial charge is 0.485 e. The number of hydrogen-bond acceptors (Lipinski definition) is 5. The normalized spacial score (nSPS) is 11.6. The number of ether oxygens (including phenoxy) is 1. The molecule has 2 aromatic rings. The van der Waals surface area contributed by atoms with Crippen molar-refractivity contribution < 1.29 is 13.2 Å². The van der Waals surface area contributed by atoms with Crippen LogP contribution in [-0.2, 0) is 15.7 Å². The summed E-state index contributed by atoms with van der Waals surface area (Å²) in [7, 11) is 1.54. The van der Waals surface area contributed by atoms with E-state index in [1.165, 1.54) is 17.4 Å². The van der Waals surface area contributed by atoms with Crippen molar-refractivity contribution in [2.24, 2.45) is 0 Å². The van der Waals surface area contributed by atoms with Crippen LogP contribution >= 0.6 is 37.9 Å². The van der Waals surface area contributed by atoms with Crippen molar-refractivity contribution in [3.05, 3.63) is 38.3 Å². The molecule has 0 spiro atoms. The maximum absolute atomic E-state index is 11.5. The average molecular weight is 397 g/mol. The number of thiazole rings is 1. The molecule has 4 nitrogen and oxygen atoms in total. The van der Waals surface area contributed by atoms with Gasteiger partial charge < -0.3 is 4.74 Å². The van der Waals surface area contributed by atoms with Crippen LogP contribution in [0.15, 0.2) is 27.6 Å². The fourth-order valence-corrected chi connectivity index (χ4v) is 3.89. The van der Waals surface area contributed by atoms with E-state index in [2.05, 4.69) is 20.9 Å². The lowest BCUT2D eigenvalue weighted by molar-refractivity contribution is 0.297. The Hall–Kier alpha value is -0.630. The van der Waals surface area contributed by atoms with Crippen molar-refractivity contribution >= 4 is 47.0 Å². The van der Waals surface area contributed by atoms with Gasteiger partial charge in [0.05, 0.1) is 5.69 Å². The molecular formula is C12H11BrClNO3S2. The van der Waals surface area contributed by atoms with Crippen molar-refractivity contribution in [1.29, 1.82) is 0 Å².